The number of ether oxygens (including phenoxy) is 1. The third-order valence-electron chi connectivity index (χ3n) is 18.7. The van der Waals surface area contributed by atoms with Gasteiger partial charge >= 0.3 is 20.2 Å². The maximum atomic E-state index is 12.9. The van der Waals surface area contributed by atoms with Crippen molar-refractivity contribution >= 4 is 91.6 Å². The number of halogens is 3. The molecule has 4 unspecified atom stereocenters. The van der Waals surface area contributed by atoms with Gasteiger partial charge in [-0.3, -0.25) is 33.8 Å². The van der Waals surface area contributed by atoms with E-state index in [9.17, 15) is 29.1 Å². The van der Waals surface area contributed by atoms with Crippen molar-refractivity contribution in [3.63, 3.8) is 0 Å². The van der Waals surface area contributed by atoms with Crippen LogP contribution in [0.5, 0.6) is 0 Å². The Morgan fingerprint density at radius 3 is 1.34 bits per heavy atom. The molecular formula is C76H115B2Br3N2O11. The first kappa shape index (κ1) is 81.2. The van der Waals surface area contributed by atoms with Crippen LogP contribution in [0.4, 0.5) is 0 Å². The van der Waals surface area contributed by atoms with Gasteiger partial charge in [-0.1, -0.05) is 210 Å². The average molecular weight is 1490 g/mol. The van der Waals surface area contributed by atoms with Gasteiger partial charge in [-0.2, -0.15) is 0 Å². The molecule has 1 N–H and O–H groups in total. The number of imide groups is 2. The highest BCUT2D eigenvalue weighted by Crippen LogP contribution is 2.46. The fourth-order valence-electron chi connectivity index (χ4n) is 13.4. The lowest BCUT2D eigenvalue weighted by Crippen LogP contribution is -2.37. The molecule has 4 amide bonds. The zero-order chi connectivity index (χ0) is 67.6. The highest BCUT2D eigenvalue weighted by atomic mass is 79.9. The molecule has 6 rings (SSSR count). The van der Waals surface area contributed by atoms with E-state index < -0.39 is 6.10 Å². The van der Waals surface area contributed by atoms with Gasteiger partial charge in [-0.15, -0.1) is 0 Å². The molecule has 2 aromatic rings. The van der Waals surface area contributed by atoms with Crippen molar-refractivity contribution in [3.05, 3.63) is 120 Å². The number of allylic oxidation sites excluding steroid dienone is 4. The third-order valence-corrected chi connectivity index (χ3v) is 20.4. The van der Waals surface area contributed by atoms with Crippen LogP contribution in [-0.4, -0.2) is 124 Å². The van der Waals surface area contributed by atoms with Crippen LogP contribution in [0.15, 0.2) is 109 Å². The quantitative estimate of drug-likeness (QED) is 0.0221. The maximum Gasteiger partial charge on any atom is 0.457 e. The number of aliphatic hydroxyl groups is 1. The van der Waals surface area contributed by atoms with Crippen molar-refractivity contribution in [1.82, 2.24) is 9.80 Å². The van der Waals surface area contributed by atoms with Crippen LogP contribution in [0.2, 0.25) is 12.6 Å². The molecule has 2 aromatic carbocycles. The molecule has 2 aliphatic heterocycles. The lowest BCUT2D eigenvalue weighted by molar-refractivity contribution is -0.147. The van der Waals surface area contributed by atoms with Crippen molar-refractivity contribution in [2.45, 2.75) is 270 Å². The van der Waals surface area contributed by atoms with Gasteiger partial charge in [0, 0.05) is 85.2 Å². The summed E-state index contributed by atoms with van der Waals surface area (Å²) < 4.78 is 31.9. The second-order valence-electron chi connectivity index (χ2n) is 26.0. The number of carbonyl (C=O) groups excluding carboxylic acids is 5. The summed E-state index contributed by atoms with van der Waals surface area (Å²) in [5, 5.41) is 13.6. The van der Waals surface area contributed by atoms with E-state index in [4.69, 9.17) is 23.4 Å². The third kappa shape index (κ3) is 30.7. The Morgan fingerprint density at radius 2 is 0.915 bits per heavy atom. The topological polar surface area (TPSA) is 158 Å². The molecule has 94 heavy (non-hydrogen) atoms. The fraction of sp³-hybridized carbons (Fsp3) is 0.671. The van der Waals surface area contributed by atoms with Crippen LogP contribution in [0.3, 0.4) is 0 Å². The standard InChI is InChI=1S/C41H62BBr2NO6.C35H53BBrNO5/c1-3-5-29-42-50-37-32-38(51-42)36(28-27-34(26-25-33-19-11-8-12-20-33)49-41(48)24-16-10-18-31-44)35(37)21-13-6-7-14-22-39(46)45(4-2)40(47)23-15-9-17-30-43;1-3-5-25-36-42-32-27-33(43-36)31(24-23-29(39)22-21-28-16-10-8-11-17-28)30(32)18-12-6-7-13-19-34(40)38(4-2)35(41)20-14-9-15-26-37/h6,8,11-13,19-20,27-28,34-38H,3-5,7,9-10,14-18,21-26,29-32H2,1-2H3;6,8,10-12,16-17,23-24,29-33,39H,3-5,7,9,13-15,18-22,25-27H2,1-2H3/b13-6-,28-27+;12-6-,24-23+/t34-,35+,36+,37?,38?;29-,30+,31+,32?,33?/m00/s1. The van der Waals surface area contributed by atoms with E-state index in [0.29, 0.717) is 64.0 Å². The smallest absolute Gasteiger partial charge is 0.457 e. The molecule has 4 bridgehead atoms. The molecular weight excluding hydrogens is 1380 g/mol. The van der Waals surface area contributed by atoms with Gasteiger partial charge in [-0.25, -0.2) is 0 Å². The first-order valence-electron chi connectivity index (χ1n) is 36.4. The van der Waals surface area contributed by atoms with Crippen molar-refractivity contribution in [1.29, 1.82) is 0 Å². The number of aryl methyl sites for hydroxylation is 2. The Balaban J connectivity index is 0.000000345. The van der Waals surface area contributed by atoms with Crippen molar-refractivity contribution in [3.8, 4) is 0 Å². The summed E-state index contributed by atoms with van der Waals surface area (Å²) in [5.74, 6) is 0.534. The van der Waals surface area contributed by atoms with Crippen molar-refractivity contribution in [2.75, 3.05) is 29.1 Å². The SMILES string of the molecule is CCCCB1OC2CC(O1)[C@H](C/C=C\CCCC(=O)N(CC)C(=O)CCCCCBr)[C@H]2/C=C/[C@@H](O)CCc1ccccc1.CCCCB1OC2CC(O1)[C@H](C/C=C\CCCC(=O)N(CC)C(=O)CCCCCBr)[C@H]2/C=C/[C@H](CCc1ccccc1)OC(=O)CCCCCBr. The minimum atomic E-state index is -0.491. The first-order chi connectivity index (χ1) is 45.9. The van der Waals surface area contributed by atoms with Gasteiger partial charge in [0.1, 0.15) is 6.10 Å². The van der Waals surface area contributed by atoms with E-state index in [2.05, 4.69) is 128 Å². The Bertz CT molecular complexity index is 2550. The van der Waals surface area contributed by atoms with E-state index in [-0.39, 0.29) is 92.1 Å². The van der Waals surface area contributed by atoms with E-state index in [1.807, 2.05) is 56.3 Å². The molecule has 2 saturated carbocycles. The zero-order valence-corrected chi connectivity index (χ0v) is 62.3. The van der Waals surface area contributed by atoms with Crippen molar-refractivity contribution in [2.24, 2.45) is 23.7 Å². The van der Waals surface area contributed by atoms with Gasteiger partial charge in [-0.05, 0) is 171 Å². The Morgan fingerprint density at radius 1 is 0.511 bits per heavy atom. The van der Waals surface area contributed by atoms with Gasteiger partial charge < -0.3 is 28.5 Å². The number of aliphatic hydroxyl groups excluding tert-OH is 1. The van der Waals surface area contributed by atoms with Crippen LogP contribution in [-0.2, 0) is 60.2 Å². The summed E-state index contributed by atoms with van der Waals surface area (Å²) in [4.78, 5) is 66.3. The molecule has 10 atom stereocenters. The number of hydrogen-bond donors (Lipinski definition) is 1. The van der Waals surface area contributed by atoms with Crippen LogP contribution < -0.4 is 0 Å². The molecule has 2 saturated heterocycles. The fourth-order valence-corrected chi connectivity index (χ4v) is 14.6. The van der Waals surface area contributed by atoms with Gasteiger partial charge in [0.15, 0.2) is 0 Å². The molecule has 13 nitrogen and oxygen atoms in total. The summed E-state index contributed by atoms with van der Waals surface area (Å²) in [6.07, 6.45) is 43.5. The second kappa shape index (κ2) is 49.1. The maximum absolute atomic E-state index is 12.9. The van der Waals surface area contributed by atoms with E-state index in [0.717, 1.165) is 176 Å². The normalized spacial score (nSPS) is 21.5. The number of unbranched alkanes of at least 4 members (excludes halogenated alkanes) is 10. The summed E-state index contributed by atoms with van der Waals surface area (Å²) >= 11 is 10.3. The van der Waals surface area contributed by atoms with Crippen molar-refractivity contribution < 1.29 is 52.4 Å². The van der Waals surface area contributed by atoms with E-state index in [1.54, 1.807) is 0 Å². The number of carbonyl (C=O) groups is 5. The highest BCUT2D eigenvalue weighted by molar-refractivity contribution is 9.09. The van der Waals surface area contributed by atoms with Gasteiger partial charge in [0.2, 0.25) is 23.6 Å². The van der Waals surface area contributed by atoms with Crippen LogP contribution in [0.25, 0.3) is 0 Å². The monoisotopic (exact) mass is 1490 g/mol. The molecule has 0 radical (unpaired) electrons. The molecule has 2 heterocycles. The predicted molar refractivity (Wildman–Crippen MR) is 394 cm³/mol. The minimum Gasteiger partial charge on any atom is -0.458 e. The molecule has 0 aromatic heterocycles. The number of fused-ring (bicyclic) bond motifs is 4. The summed E-state index contributed by atoms with van der Waals surface area (Å²) in [5.41, 5.74) is 2.47. The lowest BCUT2D eigenvalue weighted by atomic mass is 9.80. The number of rotatable bonds is 46. The van der Waals surface area contributed by atoms with E-state index >= 15 is 0 Å². The van der Waals surface area contributed by atoms with E-state index in [1.165, 1.54) is 20.9 Å². The first-order valence-corrected chi connectivity index (χ1v) is 39.8. The predicted octanol–water partition coefficient (Wildman–Crippen LogP) is 17.9. The van der Waals surface area contributed by atoms with Crippen LogP contribution in [0, 0.1) is 23.7 Å². The average Bonchev–Trinajstić information content (AvgIpc) is 1.66. The Kier molecular flexibility index (Phi) is 42.4. The summed E-state index contributed by atoms with van der Waals surface area (Å²) in [6, 6.07) is 20.7. The Labute approximate surface area is 592 Å². The summed E-state index contributed by atoms with van der Waals surface area (Å²) in [6.45, 7) is 8.99. The van der Waals surface area contributed by atoms with Gasteiger partial charge in [0.05, 0.1) is 18.3 Å². The number of benzene rings is 2. The number of nitrogens with zero attached hydrogens (tertiary/aromatic N) is 2. The second-order valence-corrected chi connectivity index (χ2v) is 28.3. The molecule has 2 aliphatic carbocycles. The molecule has 0 spiro atoms. The number of amides is 4. The van der Waals surface area contributed by atoms with Crippen LogP contribution in [0.1, 0.15) is 219 Å². The lowest BCUT2D eigenvalue weighted by Gasteiger charge is -2.27. The molecule has 522 valence electrons. The highest BCUT2D eigenvalue weighted by Gasteiger charge is 2.50. The Hall–Kier alpha value is -3.48. The largest absolute Gasteiger partial charge is 0.458 e. The molecule has 4 fully saturated rings. The number of alkyl halides is 3. The summed E-state index contributed by atoms with van der Waals surface area (Å²) in [7, 11) is -0.319. The molecule has 18 heteroatoms. The van der Waals surface area contributed by atoms with Gasteiger partial charge in [0.25, 0.3) is 0 Å². The van der Waals surface area contributed by atoms with Crippen LogP contribution >= 0.6 is 47.8 Å². The number of esters is 1. The minimum absolute atomic E-state index is 0.0475. The molecule has 4 aliphatic rings. The number of hydrogen-bond acceptors (Lipinski definition) is 11. The zero-order valence-electron chi connectivity index (χ0n) is 57.5.